The van der Waals surface area contributed by atoms with E-state index in [9.17, 15) is 0 Å². The summed E-state index contributed by atoms with van der Waals surface area (Å²) in [5, 5.41) is 3.16. The van der Waals surface area contributed by atoms with E-state index in [2.05, 4.69) is 5.32 Å². The molecule has 1 rings (SSSR count). The van der Waals surface area contributed by atoms with Crippen LogP contribution in [-0.4, -0.2) is 26.3 Å². The third kappa shape index (κ3) is 8.21. The molecule has 0 aromatic carbocycles. The van der Waals surface area contributed by atoms with E-state index in [0.717, 1.165) is 26.3 Å². The fraction of sp³-hybridized carbons (Fsp3) is 1.00. The van der Waals surface area contributed by atoms with Crippen molar-refractivity contribution in [1.29, 1.82) is 0 Å². The minimum atomic E-state index is 0. The van der Waals surface area contributed by atoms with Gasteiger partial charge in [-0.2, -0.15) is 0 Å². The molecule has 2 nitrogen and oxygen atoms in total. The second-order valence-corrected chi connectivity index (χ2v) is 1.36. The highest BCUT2D eigenvalue weighted by atomic mass is 35.5. The van der Waals surface area contributed by atoms with Gasteiger partial charge in [0.2, 0.25) is 0 Å². The van der Waals surface area contributed by atoms with Crippen molar-refractivity contribution in [3.63, 3.8) is 0 Å². The number of nitrogens with one attached hydrogen (secondary N) is 1. The van der Waals surface area contributed by atoms with Crippen LogP contribution in [0, 0.1) is 0 Å². The van der Waals surface area contributed by atoms with Gasteiger partial charge in [-0.1, -0.05) is 13.8 Å². The van der Waals surface area contributed by atoms with Crippen LogP contribution >= 0.6 is 12.4 Å². The molecule has 1 aliphatic heterocycles. The zero-order valence-electron chi connectivity index (χ0n) is 6.14. The first-order valence-corrected chi connectivity index (χ1v) is 3.28. The molecule has 0 unspecified atom stereocenters. The van der Waals surface area contributed by atoms with Crippen LogP contribution in [0.4, 0.5) is 0 Å². The summed E-state index contributed by atoms with van der Waals surface area (Å²) in [4.78, 5) is 0. The van der Waals surface area contributed by atoms with Crippen LogP contribution in [0.15, 0.2) is 0 Å². The Morgan fingerprint density at radius 3 is 1.67 bits per heavy atom. The van der Waals surface area contributed by atoms with Gasteiger partial charge in [0.05, 0.1) is 13.2 Å². The Morgan fingerprint density at radius 1 is 1.11 bits per heavy atom. The van der Waals surface area contributed by atoms with Gasteiger partial charge in [0, 0.05) is 13.1 Å². The third-order valence-electron chi connectivity index (χ3n) is 0.846. The maximum absolute atomic E-state index is 5.01. The molecule has 0 radical (unpaired) electrons. The van der Waals surface area contributed by atoms with E-state index in [1.165, 1.54) is 0 Å². The Morgan fingerprint density at radius 2 is 1.56 bits per heavy atom. The molecule has 0 saturated carbocycles. The highest BCUT2D eigenvalue weighted by Gasteiger charge is 1.92. The van der Waals surface area contributed by atoms with Crippen LogP contribution in [-0.2, 0) is 4.74 Å². The van der Waals surface area contributed by atoms with Gasteiger partial charge in [-0.25, -0.2) is 0 Å². The largest absolute Gasteiger partial charge is 0.379 e. The predicted molar refractivity (Wildman–Crippen MR) is 42.3 cm³/mol. The van der Waals surface area contributed by atoms with Gasteiger partial charge in [0.25, 0.3) is 0 Å². The molecule has 58 valence electrons. The Labute approximate surface area is 63.4 Å². The summed E-state index contributed by atoms with van der Waals surface area (Å²) in [6.07, 6.45) is 0. The van der Waals surface area contributed by atoms with E-state index in [-0.39, 0.29) is 12.4 Å². The van der Waals surface area contributed by atoms with E-state index in [0.29, 0.717) is 0 Å². The lowest BCUT2D eigenvalue weighted by Crippen LogP contribution is -2.30. The van der Waals surface area contributed by atoms with Gasteiger partial charge >= 0.3 is 0 Å². The zero-order chi connectivity index (χ0) is 6.24. The molecule has 1 aliphatic rings. The van der Waals surface area contributed by atoms with Crippen molar-refractivity contribution in [2.75, 3.05) is 26.3 Å². The first-order chi connectivity index (χ1) is 4.00. The van der Waals surface area contributed by atoms with E-state index in [4.69, 9.17) is 4.74 Å². The average molecular weight is 154 g/mol. The van der Waals surface area contributed by atoms with Gasteiger partial charge in [0.15, 0.2) is 0 Å². The lowest BCUT2D eigenvalue weighted by molar-refractivity contribution is 0.109. The molecule has 1 saturated heterocycles. The summed E-state index contributed by atoms with van der Waals surface area (Å²) in [6.45, 7) is 7.83. The molecule has 1 N–H and O–H groups in total. The van der Waals surface area contributed by atoms with Crippen LogP contribution in [0.2, 0.25) is 0 Å². The summed E-state index contributed by atoms with van der Waals surface area (Å²) >= 11 is 0. The number of morpholine rings is 1. The summed E-state index contributed by atoms with van der Waals surface area (Å²) in [7, 11) is 0. The van der Waals surface area contributed by atoms with Crippen molar-refractivity contribution in [2.24, 2.45) is 0 Å². The van der Waals surface area contributed by atoms with Gasteiger partial charge in [-0.3, -0.25) is 0 Å². The highest BCUT2D eigenvalue weighted by molar-refractivity contribution is 5.85. The van der Waals surface area contributed by atoms with Gasteiger partial charge in [0.1, 0.15) is 0 Å². The SMILES string of the molecule is C1COCCN1.CC.Cl. The highest BCUT2D eigenvalue weighted by Crippen LogP contribution is 1.76. The van der Waals surface area contributed by atoms with Crippen LogP contribution in [0.25, 0.3) is 0 Å². The Hall–Kier alpha value is 0.210. The molecule has 3 heteroatoms. The molecule has 1 heterocycles. The third-order valence-corrected chi connectivity index (χ3v) is 0.846. The van der Waals surface area contributed by atoms with E-state index >= 15 is 0 Å². The molecule has 0 atom stereocenters. The second kappa shape index (κ2) is 11.1. The summed E-state index contributed by atoms with van der Waals surface area (Å²) < 4.78 is 5.01. The number of rotatable bonds is 0. The maximum Gasteiger partial charge on any atom is 0.0591 e. The molecular weight excluding hydrogens is 138 g/mol. The zero-order valence-corrected chi connectivity index (χ0v) is 6.96. The van der Waals surface area contributed by atoms with E-state index < -0.39 is 0 Å². The number of hydrogen-bond acceptors (Lipinski definition) is 2. The van der Waals surface area contributed by atoms with Crippen molar-refractivity contribution >= 4 is 12.4 Å². The quantitative estimate of drug-likeness (QED) is 0.562. The molecule has 0 amide bonds. The monoisotopic (exact) mass is 153 g/mol. The number of halogens is 1. The minimum Gasteiger partial charge on any atom is -0.379 e. The summed E-state index contributed by atoms with van der Waals surface area (Å²) in [5.74, 6) is 0. The fourth-order valence-corrected chi connectivity index (χ4v) is 0.516. The van der Waals surface area contributed by atoms with Crippen molar-refractivity contribution in [3.8, 4) is 0 Å². The van der Waals surface area contributed by atoms with Crippen LogP contribution in [0.3, 0.4) is 0 Å². The Balaban J connectivity index is 0. The second-order valence-electron chi connectivity index (χ2n) is 1.36. The van der Waals surface area contributed by atoms with Crippen molar-refractivity contribution < 1.29 is 4.74 Å². The number of ether oxygens (including phenoxy) is 1. The van der Waals surface area contributed by atoms with Crippen molar-refractivity contribution in [1.82, 2.24) is 5.32 Å². The standard InChI is InChI=1S/C4H9NO.C2H6.ClH/c1-3-6-4-2-5-1;1-2;/h5H,1-4H2;1-2H3;1H. The summed E-state index contributed by atoms with van der Waals surface area (Å²) in [6, 6.07) is 0. The Kier molecular flexibility index (Phi) is 14.7. The first-order valence-electron chi connectivity index (χ1n) is 3.28. The first kappa shape index (κ1) is 11.9. The smallest absolute Gasteiger partial charge is 0.0591 e. The van der Waals surface area contributed by atoms with Crippen molar-refractivity contribution in [2.45, 2.75) is 13.8 Å². The maximum atomic E-state index is 5.01. The van der Waals surface area contributed by atoms with Crippen molar-refractivity contribution in [3.05, 3.63) is 0 Å². The van der Waals surface area contributed by atoms with Gasteiger partial charge < -0.3 is 10.1 Å². The molecule has 1 fully saturated rings. The Bertz CT molecular complexity index is 28.5. The minimum absolute atomic E-state index is 0. The topological polar surface area (TPSA) is 21.3 Å². The molecule has 9 heavy (non-hydrogen) atoms. The van der Waals surface area contributed by atoms with Crippen LogP contribution in [0.5, 0.6) is 0 Å². The van der Waals surface area contributed by atoms with E-state index in [1.54, 1.807) is 0 Å². The fourth-order valence-electron chi connectivity index (χ4n) is 0.516. The van der Waals surface area contributed by atoms with Crippen LogP contribution in [0.1, 0.15) is 13.8 Å². The molecule has 0 aromatic rings. The normalized spacial score (nSPS) is 16.7. The molecule has 0 aliphatic carbocycles. The van der Waals surface area contributed by atoms with E-state index in [1.807, 2.05) is 13.8 Å². The molecular formula is C6H16ClNO. The molecule has 0 bridgehead atoms. The molecule has 0 aromatic heterocycles. The molecule has 0 spiro atoms. The number of hydrogen-bond donors (Lipinski definition) is 1. The predicted octanol–water partition coefficient (Wildman–Crippen LogP) is 1.05. The van der Waals surface area contributed by atoms with Gasteiger partial charge in [-0.05, 0) is 0 Å². The van der Waals surface area contributed by atoms with Crippen LogP contribution < -0.4 is 5.32 Å². The summed E-state index contributed by atoms with van der Waals surface area (Å²) in [5.41, 5.74) is 0. The lowest BCUT2D eigenvalue weighted by Gasteiger charge is -2.10. The average Bonchev–Trinajstić information content (AvgIpc) is 1.96. The van der Waals surface area contributed by atoms with Gasteiger partial charge in [-0.15, -0.1) is 12.4 Å². The lowest BCUT2D eigenvalue weighted by atomic mass is 10.5.